The van der Waals surface area contributed by atoms with Gasteiger partial charge in [-0.25, -0.2) is 0 Å². The van der Waals surface area contributed by atoms with Gasteiger partial charge in [0.2, 0.25) is 0 Å². The highest BCUT2D eigenvalue weighted by Gasteiger charge is 2.38. The fourth-order valence-electron chi connectivity index (χ4n) is 4.72. The summed E-state index contributed by atoms with van der Waals surface area (Å²) in [6.45, 7) is 8.97. The summed E-state index contributed by atoms with van der Waals surface area (Å²) in [7, 11) is 2.23. The third-order valence-electron chi connectivity index (χ3n) is 6.67. The van der Waals surface area contributed by atoms with Gasteiger partial charge >= 0.3 is 0 Å². The SMILES string of the molecule is CC(C)[C@@H]1C[C@](CCNC2CCN(C)CC2)(Cc2ccccc2Cl)CCO1. The van der Waals surface area contributed by atoms with Gasteiger partial charge < -0.3 is 15.0 Å². The minimum atomic E-state index is 0.288. The van der Waals surface area contributed by atoms with Crippen molar-refractivity contribution in [3.8, 4) is 0 Å². The van der Waals surface area contributed by atoms with E-state index in [9.17, 15) is 0 Å². The Morgan fingerprint density at radius 1 is 1.26 bits per heavy atom. The van der Waals surface area contributed by atoms with E-state index in [1.54, 1.807) is 0 Å². The molecule has 2 heterocycles. The molecule has 3 rings (SSSR count). The Morgan fingerprint density at radius 2 is 2.00 bits per heavy atom. The van der Waals surface area contributed by atoms with E-state index >= 15 is 0 Å². The number of piperidine rings is 1. The Morgan fingerprint density at radius 3 is 2.70 bits per heavy atom. The maximum absolute atomic E-state index is 6.52. The lowest BCUT2D eigenvalue weighted by Gasteiger charge is -2.43. The van der Waals surface area contributed by atoms with Crippen molar-refractivity contribution in [2.75, 3.05) is 33.3 Å². The predicted molar refractivity (Wildman–Crippen MR) is 115 cm³/mol. The van der Waals surface area contributed by atoms with Gasteiger partial charge in [-0.1, -0.05) is 43.6 Å². The molecular weight excluding hydrogens is 356 g/mol. The summed E-state index contributed by atoms with van der Waals surface area (Å²) >= 11 is 6.52. The molecular formula is C23H37ClN2O. The van der Waals surface area contributed by atoms with Crippen molar-refractivity contribution in [3.63, 3.8) is 0 Å². The molecule has 27 heavy (non-hydrogen) atoms. The number of hydrogen-bond donors (Lipinski definition) is 1. The second-order valence-corrected chi connectivity index (χ2v) is 9.56. The van der Waals surface area contributed by atoms with E-state index in [0.29, 0.717) is 18.1 Å². The molecule has 4 heteroatoms. The van der Waals surface area contributed by atoms with Crippen molar-refractivity contribution in [2.45, 2.75) is 64.5 Å². The number of benzene rings is 1. The van der Waals surface area contributed by atoms with Gasteiger partial charge in [-0.2, -0.15) is 0 Å². The van der Waals surface area contributed by atoms with Gasteiger partial charge in [0.15, 0.2) is 0 Å². The summed E-state index contributed by atoms with van der Waals surface area (Å²) in [5, 5.41) is 4.77. The largest absolute Gasteiger partial charge is 0.378 e. The van der Waals surface area contributed by atoms with Crippen molar-refractivity contribution < 1.29 is 4.74 Å². The van der Waals surface area contributed by atoms with Gasteiger partial charge in [0.05, 0.1) is 6.10 Å². The summed E-state index contributed by atoms with van der Waals surface area (Å²) < 4.78 is 6.11. The molecule has 0 aliphatic carbocycles. The lowest BCUT2D eigenvalue weighted by atomic mass is 9.69. The first-order chi connectivity index (χ1) is 13.0. The first kappa shape index (κ1) is 21.1. The Hall–Kier alpha value is -0.610. The molecule has 2 atom stereocenters. The highest BCUT2D eigenvalue weighted by Crippen LogP contribution is 2.42. The number of likely N-dealkylation sites (tertiary alicyclic amines) is 1. The normalized spacial score (nSPS) is 28.0. The van der Waals surface area contributed by atoms with Gasteiger partial charge in [-0.05, 0) is 88.2 Å². The van der Waals surface area contributed by atoms with Crippen LogP contribution in [-0.4, -0.2) is 50.3 Å². The Balaban J connectivity index is 1.65. The maximum Gasteiger partial charge on any atom is 0.0603 e. The van der Waals surface area contributed by atoms with E-state index < -0.39 is 0 Å². The molecule has 0 radical (unpaired) electrons. The number of nitrogens with one attached hydrogen (secondary N) is 1. The monoisotopic (exact) mass is 392 g/mol. The van der Waals surface area contributed by atoms with Crippen molar-refractivity contribution in [3.05, 3.63) is 34.9 Å². The predicted octanol–water partition coefficient (Wildman–Crippen LogP) is 4.78. The summed E-state index contributed by atoms with van der Waals surface area (Å²) in [6, 6.07) is 9.06. The summed E-state index contributed by atoms with van der Waals surface area (Å²) in [4.78, 5) is 2.43. The second-order valence-electron chi connectivity index (χ2n) is 9.16. The Kier molecular flexibility index (Phi) is 7.61. The van der Waals surface area contributed by atoms with Crippen LogP contribution in [0.1, 0.15) is 51.5 Å². The standard InChI is InChI=1S/C23H37ClN2O/c1-18(2)22-17-23(11-15-27-22,16-19-6-4-5-7-21(19)24)10-12-25-20-8-13-26(3)14-9-20/h4-7,18,20,22,25H,8-17H2,1-3H3/t22-,23-/m0/s1. The molecule has 2 aliphatic heterocycles. The topological polar surface area (TPSA) is 24.5 Å². The van der Waals surface area contributed by atoms with Crippen LogP contribution in [0.4, 0.5) is 0 Å². The average Bonchev–Trinajstić information content (AvgIpc) is 2.65. The molecule has 0 bridgehead atoms. The maximum atomic E-state index is 6.52. The zero-order chi connectivity index (χ0) is 19.3. The highest BCUT2D eigenvalue weighted by atomic mass is 35.5. The van der Waals surface area contributed by atoms with E-state index in [1.165, 1.54) is 37.9 Å². The molecule has 1 aromatic carbocycles. The summed E-state index contributed by atoms with van der Waals surface area (Å²) in [5.41, 5.74) is 1.58. The molecule has 2 saturated heterocycles. The van der Waals surface area contributed by atoms with Crippen molar-refractivity contribution in [1.29, 1.82) is 0 Å². The van der Waals surface area contributed by atoms with Crippen LogP contribution in [0.25, 0.3) is 0 Å². The third kappa shape index (κ3) is 5.93. The van der Waals surface area contributed by atoms with Crippen LogP contribution in [0.2, 0.25) is 5.02 Å². The highest BCUT2D eigenvalue weighted by molar-refractivity contribution is 6.31. The quantitative estimate of drug-likeness (QED) is 0.722. The smallest absolute Gasteiger partial charge is 0.0603 e. The molecule has 0 amide bonds. The second kappa shape index (κ2) is 9.73. The Bertz CT molecular complexity index is 585. The first-order valence-corrected chi connectivity index (χ1v) is 11.1. The molecule has 152 valence electrons. The molecule has 0 spiro atoms. The van der Waals surface area contributed by atoms with Crippen LogP contribution >= 0.6 is 11.6 Å². The number of halogens is 1. The average molecular weight is 393 g/mol. The third-order valence-corrected chi connectivity index (χ3v) is 7.04. The molecule has 0 unspecified atom stereocenters. The van der Waals surface area contributed by atoms with Crippen molar-refractivity contribution in [1.82, 2.24) is 10.2 Å². The summed E-state index contributed by atoms with van der Waals surface area (Å²) in [5.74, 6) is 0.567. The van der Waals surface area contributed by atoms with Crippen molar-refractivity contribution in [2.24, 2.45) is 11.3 Å². The van der Waals surface area contributed by atoms with Gasteiger partial charge in [-0.15, -0.1) is 0 Å². The zero-order valence-corrected chi connectivity index (χ0v) is 18.1. The minimum Gasteiger partial charge on any atom is -0.378 e. The van der Waals surface area contributed by atoms with Gasteiger partial charge in [0, 0.05) is 17.7 Å². The fourth-order valence-corrected chi connectivity index (χ4v) is 4.92. The molecule has 1 N–H and O–H groups in total. The van der Waals surface area contributed by atoms with E-state index in [4.69, 9.17) is 16.3 Å². The summed E-state index contributed by atoms with van der Waals surface area (Å²) in [6.07, 6.45) is 7.45. The van der Waals surface area contributed by atoms with Gasteiger partial charge in [-0.3, -0.25) is 0 Å². The molecule has 1 aromatic rings. The molecule has 0 aromatic heterocycles. The van der Waals surface area contributed by atoms with Crippen molar-refractivity contribution >= 4 is 11.6 Å². The minimum absolute atomic E-state index is 0.288. The van der Waals surface area contributed by atoms with E-state index in [0.717, 1.165) is 37.4 Å². The number of rotatable bonds is 7. The fraction of sp³-hybridized carbons (Fsp3) is 0.739. The van der Waals surface area contributed by atoms with Gasteiger partial charge in [0.1, 0.15) is 0 Å². The van der Waals surface area contributed by atoms with Crippen LogP contribution < -0.4 is 5.32 Å². The lowest BCUT2D eigenvalue weighted by molar-refractivity contribution is -0.0722. The first-order valence-electron chi connectivity index (χ1n) is 10.7. The van der Waals surface area contributed by atoms with E-state index in [1.807, 2.05) is 12.1 Å². The van der Waals surface area contributed by atoms with Crippen LogP contribution in [0, 0.1) is 11.3 Å². The number of nitrogens with zero attached hydrogens (tertiary/aromatic N) is 1. The van der Waals surface area contributed by atoms with Crippen LogP contribution in [0.15, 0.2) is 24.3 Å². The van der Waals surface area contributed by atoms with E-state index in [2.05, 4.69) is 43.2 Å². The molecule has 0 saturated carbocycles. The zero-order valence-electron chi connectivity index (χ0n) is 17.3. The molecule has 3 nitrogen and oxygen atoms in total. The van der Waals surface area contributed by atoms with E-state index in [-0.39, 0.29) is 5.41 Å². The van der Waals surface area contributed by atoms with Crippen LogP contribution in [0.3, 0.4) is 0 Å². The van der Waals surface area contributed by atoms with Gasteiger partial charge in [0.25, 0.3) is 0 Å². The Labute approximate surface area is 170 Å². The number of ether oxygens (including phenoxy) is 1. The molecule has 2 aliphatic rings. The lowest BCUT2D eigenvalue weighted by Crippen LogP contribution is -2.44. The number of hydrogen-bond acceptors (Lipinski definition) is 3. The molecule has 2 fully saturated rings. The van der Waals surface area contributed by atoms with Crippen LogP contribution in [-0.2, 0) is 11.2 Å². The van der Waals surface area contributed by atoms with Crippen LogP contribution in [0.5, 0.6) is 0 Å².